The van der Waals surface area contributed by atoms with Crippen molar-refractivity contribution in [2.45, 2.75) is 6.10 Å². The van der Waals surface area contributed by atoms with Crippen LogP contribution in [-0.2, 0) is 9.53 Å². The summed E-state index contributed by atoms with van der Waals surface area (Å²) < 4.78 is 16.9. The van der Waals surface area contributed by atoms with Gasteiger partial charge in [-0.2, -0.15) is 0 Å². The molecule has 1 heterocycles. The Bertz CT molecular complexity index is 916. The zero-order valence-corrected chi connectivity index (χ0v) is 20.6. The third-order valence-corrected chi connectivity index (χ3v) is 6.33. The van der Waals surface area contributed by atoms with Crippen molar-refractivity contribution in [1.29, 1.82) is 0 Å². The van der Waals surface area contributed by atoms with Crippen LogP contribution >= 0.6 is 15.9 Å². The molecule has 2 aromatic rings. The number of ether oxygens (including phenoxy) is 3. The zero-order valence-electron chi connectivity index (χ0n) is 19.0. The molecule has 1 unspecified atom stereocenters. The molecule has 0 N–H and O–H groups in total. The van der Waals surface area contributed by atoms with Gasteiger partial charge in [0.15, 0.2) is 5.78 Å². The third kappa shape index (κ3) is 5.88. The number of likely N-dealkylation sites (N-methyl/N-ethyl adjacent to an activating group) is 1. The van der Waals surface area contributed by atoms with Crippen LogP contribution in [0.2, 0.25) is 0 Å². The van der Waals surface area contributed by atoms with Crippen molar-refractivity contribution >= 4 is 33.6 Å². The molecule has 0 radical (unpaired) electrons. The fourth-order valence-corrected chi connectivity index (χ4v) is 4.22. The lowest BCUT2D eigenvalue weighted by Crippen LogP contribution is -2.44. The summed E-state index contributed by atoms with van der Waals surface area (Å²) in [4.78, 5) is 21.8. The van der Waals surface area contributed by atoms with Gasteiger partial charge in [-0.15, -0.1) is 0 Å². The number of methoxy groups -OCH3 is 3. The van der Waals surface area contributed by atoms with Gasteiger partial charge in [0.25, 0.3) is 0 Å². The molecule has 0 spiro atoms. The van der Waals surface area contributed by atoms with Crippen LogP contribution < -0.4 is 14.4 Å². The minimum atomic E-state index is -0.650. The van der Waals surface area contributed by atoms with Gasteiger partial charge < -0.3 is 24.0 Å². The van der Waals surface area contributed by atoms with Gasteiger partial charge in [-0.1, -0.05) is 12.1 Å². The number of hydrogen-bond donors (Lipinski definition) is 0. The van der Waals surface area contributed by atoms with Crippen LogP contribution in [0, 0.1) is 0 Å². The molecule has 1 fully saturated rings. The Kier molecular flexibility index (Phi) is 8.67. The van der Waals surface area contributed by atoms with Crippen molar-refractivity contribution in [1.82, 2.24) is 4.90 Å². The summed E-state index contributed by atoms with van der Waals surface area (Å²) in [6, 6.07) is 11.7. The second kappa shape index (κ2) is 11.4. The number of ketones is 1. The highest BCUT2D eigenvalue weighted by atomic mass is 79.9. The number of nitrogens with zero attached hydrogens (tertiary/aromatic N) is 3. The molecule has 0 saturated carbocycles. The van der Waals surface area contributed by atoms with Crippen LogP contribution in [0.25, 0.3) is 0 Å². The second-order valence-electron chi connectivity index (χ2n) is 7.67. The smallest absolute Gasteiger partial charge is 0.187 e. The molecule has 1 aliphatic rings. The van der Waals surface area contributed by atoms with E-state index in [1.165, 1.54) is 5.69 Å². The molecule has 3 rings (SSSR count). The predicted molar refractivity (Wildman–Crippen MR) is 131 cm³/mol. The second-order valence-corrected chi connectivity index (χ2v) is 8.47. The normalized spacial score (nSPS) is 15.7. The maximum atomic E-state index is 12.8. The van der Waals surface area contributed by atoms with Crippen molar-refractivity contribution < 1.29 is 19.0 Å². The van der Waals surface area contributed by atoms with Crippen molar-refractivity contribution in [2.24, 2.45) is 4.99 Å². The first-order chi connectivity index (χ1) is 15.5. The molecule has 7 nitrogen and oxygen atoms in total. The summed E-state index contributed by atoms with van der Waals surface area (Å²) in [5.74, 6) is 1.16. The van der Waals surface area contributed by atoms with Gasteiger partial charge in [-0.25, -0.2) is 0 Å². The number of benzene rings is 2. The fourth-order valence-electron chi connectivity index (χ4n) is 3.67. The fraction of sp³-hybridized carbons (Fsp3) is 0.417. The van der Waals surface area contributed by atoms with Crippen molar-refractivity contribution in [3.05, 3.63) is 52.0 Å². The molecule has 1 aliphatic heterocycles. The monoisotopic (exact) mass is 503 g/mol. The van der Waals surface area contributed by atoms with Gasteiger partial charge in [-0.3, -0.25) is 9.79 Å². The Hall–Kier alpha value is -2.42. The SMILES string of the molecule is COc1cc(C=NCC(=O)C(OC)c2ccc(N3CCN(C)CC3)cc2)cc(OC)c1Br. The van der Waals surface area contributed by atoms with E-state index < -0.39 is 6.10 Å². The molecule has 1 atom stereocenters. The highest BCUT2D eigenvalue weighted by Gasteiger charge is 2.20. The molecule has 0 aromatic heterocycles. The first kappa shape index (κ1) is 24.2. The number of carbonyl (C=O) groups is 1. The Balaban J connectivity index is 1.65. The summed E-state index contributed by atoms with van der Waals surface area (Å²) in [6.07, 6.45) is 0.987. The molecule has 8 heteroatoms. The predicted octanol–water partition coefficient (Wildman–Crippen LogP) is 3.59. The van der Waals surface area contributed by atoms with Crippen LogP contribution in [0.5, 0.6) is 11.5 Å². The Morgan fingerprint density at radius 3 is 2.19 bits per heavy atom. The molecule has 1 saturated heterocycles. The molecule has 0 aliphatic carbocycles. The van der Waals surface area contributed by atoms with E-state index in [1.807, 2.05) is 24.3 Å². The third-order valence-electron chi connectivity index (χ3n) is 5.55. The molecule has 172 valence electrons. The highest BCUT2D eigenvalue weighted by molar-refractivity contribution is 9.10. The zero-order chi connectivity index (χ0) is 23.1. The number of anilines is 1. The number of aliphatic imine (C=N–C) groups is 1. The number of carbonyl (C=O) groups excluding carboxylic acids is 1. The molecule has 2 aromatic carbocycles. The maximum Gasteiger partial charge on any atom is 0.187 e. The van der Waals surface area contributed by atoms with Gasteiger partial charge in [-0.05, 0) is 58.4 Å². The summed E-state index contributed by atoms with van der Waals surface area (Å²) in [5.41, 5.74) is 2.78. The molecular formula is C24H30BrN3O4. The van der Waals surface area contributed by atoms with Gasteiger partial charge in [0.2, 0.25) is 0 Å². The minimum Gasteiger partial charge on any atom is -0.495 e. The number of halogens is 1. The van der Waals surface area contributed by atoms with E-state index in [1.54, 1.807) is 27.5 Å². The van der Waals surface area contributed by atoms with E-state index in [2.05, 4.69) is 49.9 Å². The Morgan fingerprint density at radius 2 is 1.66 bits per heavy atom. The standard InChI is InChI=1S/C24H30BrN3O4/c1-27-9-11-28(12-10-27)19-7-5-18(6-8-19)24(32-4)20(29)16-26-15-17-13-21(30-2)23(25)22(14-17)31-3/h5-8,13-15,24H,9-12,16H2,1-4H3. The van der Waals surface area contributed by atoms with E-state index in [9.17, 15) is 4.79 Å². The molecular weight excluding hydrogens is 474 g/mol. The first-order valence-corrected chi connectivity index (χ1v) is 11.3. The Morgan fingerprint density at radius 1 is 1.06 bits per heavy atom. The van der Waals surface area contributed by atoms with E-state index in [0.29, 0.717) is 11.5 Å². The van der Waals surface area contributed by atoms with E-state index in [4.69, 9.17) is 14.2 Å². The summed E-state index contributed by atoms with van der Waals surface area (Å²) in [7, 11) is 6.86. The number of Topliss-reactive ketones (excluding diaryl/α,β-unsaturated/α-hetero) is 1. The minimum absolute atomic E-state index is 0.0133. The van der Waals surface area contributed by atoms with Gasteiger partial charge >= 0.3 is 0 Å². The average molecular weight is 504 g/mol. The van der Waals surface area contributed by atoms with Gasteiger partial charge in [0, 0.05) is 45.2 Å². The van der Waals surface area contributed by atoms with Crippen molar-refractivity contribution in [3.8, 4) is 11.5 Å². The average Bonchev–Trinajstić information content (AvgIpc) is 2.81. The maximum absolute atomic E-state index is 12.8. The van der Waals surface area contributed by atoms with Crippen molar-refractivity contribution in [2.75, 3.05) is 66.0 Å². The van der Waals surface area contributed by atoms with E-state index in [-0.39, 0.29) is 12.3 Å². The molecule has 0 bridgehead atoms. The van der Waals surface area contributed by atoms with Crippen molar-refractivity contribution in [3.63, 3.8) is 0 Å². The quantitative estimate of drug-likeness (QED) is 0.487. The number of rotatable bonds is 9. The lowest BCUT2D eigenvalue weighted by atomic mass is 10.0. The van der Waals surface area contributed by atoms with E-state index in [0.717, 1.165) is 41.8 Å². The van der Waals surface area contributed by atoms with Crippen LogP contribution in [-0.4, -0.2) is 78.0 Å². The van der Waals surface area contributed by atoms with Crippen LogP contribution in [0.3, 0.4) is 0 Å². The van der Waals surface area contributed by atoms with Crippen LogP contribution in [0.15, 0.2) is 45.9 Å². The van der Waals surface area contributed by atoms with Gasteiger partial charge in [0.05, 0.1) is 14.2 Å². The summed E-state index contributed by atoms with van der Waals surface area (Å²) >= 11 is 3.44. The van der Waals surface area contributed by atoms with Crippen LogP contribution in [0.1, 0.15) is 17.2 Å². The Labute approximate surface area is 198 Å². The largest absolute Gasteiger partial charge is 0.495 e. The topological polar surface area (TPSA) is 63.6 Å². The highest BCUT2D eigenvalue weighted by Crippen LogP contribution is 2.35. The first-order valence-electron chi connectivity index (χ1n) is 10.5. The van der Waals surface area contributed by atoms with E-state index >= 15 is 0 Å². The number of hydrogen-bond acceptors (Lipinski definition) is 7. The lowest BCUT2D eigenvalue weighted by molar-refractivity contribution is -0.127. The number of piperazine rings is 1. The molecule has 32 heavy (non-hydrogen) atoms. The van der Waals surface area contributed by atoms with Crippen LogP contribution in [0.4, 0.5) is 5.69 Å². The molecule has 0 amide bonds. The van der Waals surface area contributed by atoms with Gasteiger partial charge in [0.1, 0.15) is 28.6 Å². The summed E-state index contributed by atoms with van der Waals surface area (Å²) in [5, 5.41) is 0. The lowest BCUT2D eigenvalue weighted by Gasteiger charge is -2.34. The summed E-state index contributed by atoms with van der Waals surface area (Å²) in [6.45, 7) is 4.12.